The standard InChI is InChI=1S/C14H5F6N/c15-8-5-6(3-4-21)1-2-7(8)9-10(16)12(18)14(20)13(19)11(9)17/h1-2,5H,3H2. The maximum atomic E-state index is 13.8. The van der Waals surface area contributed by atoms with Crippen LogP contribution in [0.3, 0.4) is 0 Å². The highest BCUT2D eigenvalue weighted by Gasteiger charge is 2.27. The molecule has 0 aliphatic carbocycles. The third-order valence-corrected chi connectivity index (χ3v) is 2.80. The lowest BCUT2D eigenvalue weighted by Gasteiger charge is -2.10. The van der Waals surface area contributed by atoms with Crippen molar-refractivity contribution < 1.29 is 26.3 Å². The second-order valence-corrected chi connectivity index (χ2v) is 4.09. The molecule has 108 valence electrons. The maximum Gasteiger partial charge on any atom is 0.200 e. The number of nitriles is 1. The third-order valence-electron chi connectivity index (χ3n) is 2.80. The summed E-state index contributed by atoms with van der Waals surface area (Å²) < 4.78 is 80.1. The van der Waals surface area contributed by atoms with Crippen LogP contribution < -0.4 is 0 Å². The number of benzene rings is 2. The van der Waals surface area contributed by atoms with Crippen molar-refractivity contribution in [2.24, 2.45) is 0 Å². The third kappa shape index (κ3) is 2.44. The molecular weight excluding hydrogens is 296 g/mol. The Morgan fingerprint density at radius 2 is 1.33 bits per heavy atom. The van der Waals surface area contributed by atoms with Crippen molar-refractivity contribution in [2.45, 2.75) is 6.42 Å². The van der Waals surface area contributed by atoms with Gasteiger partial charge in [-0.3, -0.25) is 0 Å². The molecule has 0 N–H and O–H groups in total. The summed E-state index contributed by atoms with van der Waals surface area (Å²) in [6.07, 6.45) is -0.158. The quantitative estimate of drug-likeness (QED) is 0.462. The molecule has 0 aliphatic heterocycles. The minimum Gasteiger partial charge on any atom is -0.206 e. The van der Waals surface area contributed by atoms with Crippen molar-refractivity contribution in [3.63, 3.8) is 0 Å². The van der Waals surface area contributed by atoms with Gasteiger partial charge < -0.3 is 0 Å². The molecule has 2 rings (SSSR count). The molecule has 21 heavy (non-hydrogen) atoms. The van der Waals surface area contributed by atoms with Crippen molar-refractivity contribution >= 4 is 0 Å². The minimum atomic E-state index is -2.31. The van der Waals surface area contributed by atoms with Gasteiger partial charge in [-0.1, -0.05) is 12.1 Å². The highest BCUT2D eigenvalue weighted by Crippen LogP contribution is 2.33. The summed E-state index contributed by atoms with van der Waals surface area (Å²) in [5, 5.41) is 8.46. The van der Waals surface area contributed by atoms with Gasteiger partial charge in [-0.25, -0.2) is 26.3 Å². The first-order valence-corrected chi connectivity index (χ1v) is 5.55. The Morgan fingerprint density at radius 1 is 0.810 bits per heavy atom. The normalized spacial score (nSPS) is 10.5. The maximum absolute atomic E-state index is 13.8. The van der Waals surface area contributed by atoms with Crippen molar-refractivity contribution in [1.29, 1.82) is 5.26 Å². The molecule has 0 aliphatic rings. The smallest absolute Gasteiger partial charge is 0.200 e. The molecule has 1 nitrogen and oxygen atoms in total. The molecule has 0 radical (unpaired) electrons. The fourth-order valence-corrected chi connectivity index (χ4v) is 1.80. The van der Waals surface area contributed by atoms with Crippen LogP contribution in [0.25, 0.3) is 11.1 Å². The summed E-state index contributed by atoms with van der Waals surface area (Å²) in [4.78, 5) is 0. The van der Waals surface area contributed by atoms with Gasteiger partial charge in [0.15, 0.2) is 23.3 Å². The van der Waals surface area contributed by atoms with Crippen molar-refractivity contribution in [3.05, 3.63) is 58.7 Å². The number of rotatable bonds is 2. The van der Waals surface area contributed by atoms with Gasteiger partial charge in [0, 0.05) is 5.56 Å². The summed E-state index contributed by atoms with van der Waals surface area (Å²) in [5.74, 6) is -12.0. The van der Waals surface area contributed by atoms with Crippen molar-refractivity contribution in [2.75, 3.05) is 0 Å². The van der Waals surface area contributed by atoms with Crippen LogP contribution in [-0.4, -0.2) is 0 Å². The average Bonchev–Trinajstić information content (AvgIpc) is 2.46. The number of halogens is 6. The molecule has 0 saturated heterocycles. The SMILES string of the molecule is N#CCc1ccc(-c2c(F)c(F)c(F)c(F)c2F)c(F)c1. The minimum absolute atomic E-state index is 0.158. The van der Waals surface area contributed by atoms with Crippen LogP contribution in [0.5, 0.6) is 0 Å². The average molecular weight is 301 g/mol. The van der Waals surface area contributed by atoms with E-state index in [2.05, 4.69) is 0 Å². The van der Waals surface area contributed by atoms with Crippen LogP contribution in [-0.2, 0) is 6.42 Å². The predicted octanol–water partition coefficient (Wildman–Crippen LogP) is 4.25. The van der Waals surface area contributed by atoms with E-state index in [0.717, 1.165) is 12.1 Å². The summed E-state index contributed by atoms with van der Waals surface area (Å²) in [7, 11) is 0. The topological polar surface area (TPSA) is 23.8 Å². The van der Waals surface area contributed by atoms with Gasteiger partial charge in [-0.05, 0) is 11.6 Å². The summed E-state index contributed by atoms with van der Waals surface area (Å²) >= 11 is 0. The van der Waals surface area contributed by atoms with E-state index in [-0.39, 0.29) is 12.0 Å². The fourth-order valence-electron chi connectivity index (χ4n) is 1.80. The van der Waals surface area contributed by atoms with E-state index in [1.54, 1.807) is 6.07 Å². The molecule has 0 heterocycles. The molecule has 0 aromatic heterocycles. The molecular formula is C14H5F6N. The van der Waals surface area contributed by atoms with Crippen LogP contribution in [0.1, 0.15) is 5.56 Å². The van der Waals surface area contributed by atoms with Crippen LogP contribution in [0.4, 0.5) is 26.3 Å². The van der Waals surface area contributed by atoms with Gasteiger partial charge in [0.1, 0.15) is 5.82 Å². The van der Waals surface area contributed by atoms with Gasteiger partial charge in [0.25, 0.3) is 0 Å². The van der Waals surface area contributed by atoms with Crippen LogP contribution in [0.15, 0.2) is 18.2 Å². The van der Waals surface area contributed by atoms with Gasteiger partial charge in [-0.15, -0.1) is 0 Å². The molecule has 0 spiro atoms. The Morgan fingerprint density at radius 3 is 1.81 bits per heavy atom. The monoisotopic (exact) mass is 301 g/mol. The number of hydrogen-bond donors (Lipinski definition) is 0. The van der Waals surface area contributed by atoms with Gasteiger partial charge >= 0.3 is 0 Å². The van der Waals surface area contributed by atoms with Gasteiger partial charge in [0.05, 0.1) is 18.1 Å². The Balaban J connectivity index is 2.71. The van der Waals surface area contributed by atoms with Gasteiger partial charge in [-0.2, -0.15) is 5.26 Å². The van der Waals surface area contributed by atoms with E-state index >= 15 is 0 Å². The summed E-state index contributed by atoms with van der Waals surface area (Å²) in [6.45, 7) is 0. The lowest BCUT2D eigenvalue weighted by atomic mass is 10.0. The second-order valence-electron chi connectivity index (χ2n) is 4.09. The zero-order valence-electron chi connectivity index (χ0n) is 10.2. The largest absolute Gasteiger partial charge is 0.206 e. The van der Waals surface area contributed by atoms with E-state index in [9.17, 15) is 26.3 Å². The lowest BCUT2D eigenvalue weighted by molar-refractivity contribution is 0.381. The van der Waals surface area contributed by atoms with Gasteiger partial charge in [0.2, 0.25) is 5.82 Å². The molecule has 2 aromatic rings. The van der Waals surface area contributed by atoms with Crippen molar-refractivity contribution in [1.82, 2.24) is 0 Å². The van der Waals surface area contributed by atoms with Crippen molar-refractivity contribution in [3.8, 4) is 17.2 Å². The summed E-state index contributed by atoms with van der Waals surface area (Å²) in [5.41, 5.74) is -1.90. The van der Waals surface area contributed by atoms with E-state index < -0.39 is 46.0 Å². The van der Waals surface area contributed by atoms with Crippen LogP contribution in [0, 0.1) is 46.2 Å². The number of nitrogens with zero attached hydrogens (tertiary/aromatic N) is 1. The molecule has 0 unspecified atom stereocenters. The zero-order chi connectivity index (χ0) is 15.7. The molecule has 7 heteroatoms. The van der Waals surface area contributed by atoms with Crippen LogP contribution in [0.2, 0.25) is 0 Å². The van der Waals surface area contributed by atoms with Crippen LogP contribution >= 0.6 is 0 Å². The zero-order valence-corrected chi connectivity index (χ0v) is 10.2. The Labute approximate surface area is 115 Å². The Bertz CT molecular complexity index is 734. The van der Waals surface area contributed by atoms with E-state index in [1.165, 1.54) is 6.07 Å². The molecule has 0 bridgehead atoms. The predicted molar refractivity (Wildman–Crippen MR) is 60.9 cm³/mol. The Kier molecular flexibility index (Phi) is 3.89. The summed E-state index contributed by atoms with van der Waals surface area (Å²) in [6, 6.07) is 4.56. The first-order chi connectivity index (χ1) is 9.88. The molecule has 0 saturated carbocycles. The lowest BCUT2D eigenvalue weighted by Crippen LogP contribution is -2.05. The highest BCUT2D eigenvalue weighted by atomic mass is 19.2. The number of hydrogen-bond acceptors (Lipinski definition) is 1. The molecule has 0 atom stereocenters. The first kappa shape index (κ1) is 14.9. The van der Waals surface area contributed by atoms with E-state index in [4.69, 9.17) is 5.26 Å². The molecule has 0 fully saturated rings. The second kappa shape index (κ2) is 5.48. The first-order valence-electron chi connectivity index (χ1n) is 5.55. The molecule has 2 aromatic carbocycles. The Hall–Kier alpha value is -2.49. The highest BCUT2D eigenvalue weighted by molar-refractivity contribution is 5.66. The van der Waals surface area contributed by atoms with E-state index in [0.29, 0.717) is 0 Å². The fraction of sp³-hybridized carbons (Fsp3) is 0.0714. The molecule has 0 amide bonds. The van der Waals surface area contributed by atoms with E-state index in [1.807, 2.05) is 0 Å².